The molecule has 69 heavy (non-hydrogen) atoms. The minimum Gasteiger partial charge on any atom is -0.366 e. The maximum atomic E-state index is 5.49. The maximum absolute atomic E-state index is 5.49. The van der Waals surface area contributed by atoms with Crippen LogP contribution in [0.15, 0.2) is 200 Å². The number of aromatic nitrogens is 4. The summed E-state index contributed by atoms with van der Waals surface area (Å²) in [5.41, 5.74) is 8.08. The van der Waals surface area contributed by atoms with Gasteiger partial charge in [0.25, 0.3) is 0 Å². The Bertz CT molecular complexity index is 3210. The highest BCUT2D eigenvalue weighted by Crippen LogP contribution is 2.66. The van der Waals surface area contributed by atoms with E-state index in [1.165, 1.54) is 60.1 Å². The zero-order valence-corrected chi connectivity index (χ0v) is 39.1. The molecule has 1 aliphatic rings. The van der Waals surface area contributed by atoms with Gasteiger partial charge in [-0.25, -0.2) is 9.97 Å². The van der Waals surface area contributed by atoms with Gasteiger partial charge in [0, 0.05) is 62.0 Å². The molecule has 1 saturated carbocycles. The third-order valence-electron chi connectivity index (χ3n) is 13.8. The first-order valence-electron chi connectivity index (χ1n) is 24.3. The van der Waals surface area contributed by atoms with Gasteiger partial charge in [0.05, 0.1) is 11.4 Å². The number of benzene rings is 8. The lowest BCUT2D eigenvalue weighted by Crippen LogP contribution is -2.41. The van der Waals surface area contributed by atoms with Crippen molar-refractivity contribution in [2.24, 2.45) is 5.92 Å². The van der Waals surface area contributed by atoms with Crippen LogP contribution in [0.4, 0.5) is 23.5 Å². The molecule has 0 bridgehead atoms. The van der Waals surface area contributed by atoms with Gasteiger partial charge < -0.3 is 21.3 Å². The molecule has 1 aliphatic carbocycles. The SMILES string of the molecule is CC(C)CNc1nc(NCc2cccc3ccccc23)cc([C@H]2[C@H](c3ccccc3)[C@H](c3cc(NCc4cccc5ccccc45)nc(NCc4cccc5ccccc45)n3)[C@H]2c2ccccc2)n1. The average Bonchev–Trinajstić information content (AvgIpc) is 3.39. The molecule has 1 fully saturated rings. The summed E-state index contributed by atoms with van der Waals surface area (Å²) in [7, 11) is 0. The van der Waals surface area contributed by atoms with Crippen molar-refractivity contribution >= 4 is 55.8 Å². The Balaban J connectivity index is 1.01. The number of nitrogens with one attached hydrogen (secondary N) is 4. The summed E-state index contributed by atoms with van der Waals surface area (Å²) in [5, 5.41) is 22.1. The fourth-order valence-corrected chi connectivity index (χ4v) is 10.5. The van der Waals surface area contributed by atoms with E-state index in [4.69, 9.17) is 19.9 Å². The van der Waals surface area contributed by atoms with E-state index >= 15 is 0 Å². The topological polar surface area (TPSA) is 99.7 Å². The van der Waals surface area contributed by atoms with E-state index in [1.807, 2.05) is 0 Å². The van der Waals surface area contributed by atoms with E-state index in [9.17, 15) is 0 Å². The van der Waals surface area contributed by atoms with Crippen molar-refractivity contribution in [1.29, 1.82) is 0 Å². The third-order valence-corrected chi connectivity index (χ3v) is 13.8. The largest absolute Gasteiger partial charge is 0.366 e. The zero-order chi connectivity index (χ0) is 46.5. The van der Waals surface area contributed by atoms with Crippen molar-refractivity contribution < 1.29 is 0 Å². The molecule has 0 amide bonds. The molecule has 0 spiro atoms. The molecular weight excluding hydrogens is 845 g/mol. The van der Waals surface area contributed by atoms with E-state index in [0.29, 0.717) is 37.4 Å². The molecule has 11 rings (SSSR count). The minimum absolute atomic E-state index is 0.00495. The molecule has 8 aromatic carbocycles. The first-order valence-corrected chi connectivity index (χ1v) is 24.3. The molecule has 8 heteroatoms. The monoisotopic (exact) mass is 900 g/mol. The van der Waals surface area contributed by atoms with Crippen LogP contribution in [0, 0.1) is 5.92 Å². The van der Waals surface area contributed by atoms with Crippen LogP contribution in [0.2, 0.25) is 0 Å². The zero-order valence-electron chi connectivity index (χ0n) is 39.1. The first-order chi connectivity index (χ1) is 34.0. The van der Waals surface area contributed by atoms with Gasteiger partial charge in [-0.15, -0.1) is 0 Å². The Morgan fingerprint density at radius 1 is 0.362 bits per heavy atom. The van der Waals surface area contributed by atoms with Gasteiger partial charge in [0.15, 0.2) is 0 Å². The molecule has 340 valence electrons. The Hall–Kier alpha value is -8.10. The van der Waals surface area contributed by atoms with E-state index in [2.05, 4.69) is 235 Å². The van der Waals surface area contributed by atoms with Crippen molar-refractivity contribution in [3.05, 3.63) is 239 Å². The van der Waals surface area contributed by atoms with Gasteiger partial charge in [-0.1, -0.05) is 202 Å². The number of anilines is 4. The van der Waals surface area contributed by atoms with Crippen molar-refractivity contribution in [1.82, 2.24) is 19.9 Å². The van der Waals surface area contributed by atoms with Crippen LogP contribution in [0.3, 0.4) is 0 Å². The Morgan fingerprint density at radius 2 is 0.725 bits per heavy atom. The first kappa shape index (κ1) is 43.5. The summed E-state index contributed by atoms with van der Waals surface area (Å²) < 4.78 is 0. The van der Waals surface area contributed by atoms with Crippen LogP contribution in [-0.2, 0) is 19.6 Å². The lowest BCUT2D eigenvalue weighted by molar-refractivity contribution is 0.220. The third kappa shape index (κ3) is 9.31. The van der Waals surface area contributed by atoms with Crippen molar-refractivity contribution in [3.8, 4) is 0 Å². The highest BCUT2D eigenvalue weighted by Gasteiger charge is 2.54. The Morgan fingerprint density at radius 3 is 1.14 bits per heavy atom. The molecule has 2 heterocycles. The quantitative estimate of drug-likeness (QED) is 0.0761. The number of hydrogen-bond donors (Lipinski definition) is 4. The van der Waals surface area contributed by atoms with Gasteiger partial charge in [0.1, 0.15) is 11.6 Å². The fraction of sp³-hybridized carbons (Fsp3) is 0.180. The summed E-state index contributed by atoms with van der Waals surface area (Å²) in [4.78, 5) is 21.2. The molecule has 0 saturated heterocycles. The maximum Gasteiger partial charge on any atom is 0.225 e. The van der Waals surface area contributed by atoms with Gasteiger partial charge in [0.2, 0.25) is 11.9 Å². The van der Waals surface area contributed by atoms with Crippen LogP contribution >= 0.6 is 0 Å². The molecular formula is C61H56N8. The number of fused-ring (bicyclic) bond motifs is 3. The van der Waals surface area contributed by atoms with Crippen LogP contribution in [0.1, 0.15) is 76.7 Å². The second-order valence-corrected chi connectivity index (χ2v) is 18.7. The van der Waals surface area contributed by atoms with E-state index in [0.717, 1.165) is 29.6 Å². The molecule has 0 aliphatic heterocycles. The van der Waals surface area contributed by atoms with Gasteiger partial charge >= 0.3 is 0 Å². The molecule has 0 radical (unpaired) electrons. The summed E-state index contributed by atoms with van der Waals surface area (Å²) in [6.45, 7) is 6.99. The van der Waals surface area contributed by atoms with Crippen LogP contribution in [0.5, 0.6) is 0 Å². The van der Waals surface area contributed by atoms with Crippen molar-refractivity contribution in [3.63, 3.8) is 0 Å². The Labute approximate surface area is 404 Å². The normalized spacial score (nSPS) is 16.6. The lowest BCUT2D eigenvalue weighted by Gasteiger charge is -2.52. The molecule has 2 atom stereocenters. The smallest absolute Gasteiger partial charge is 0.225 e. The van der Waals surface area contributed by atoms with Gasteiger partial charge in [-0.2, -0.15) is 9.97 Å². The Kier molecular flexibility index (Phi) is 12.4. The molecule has 8 nitrogen and oxygen atoms in total. The van der Waals surface area contributed by atoms with Gasteiger partial charge in [-0.3, -0.25) is 0 Å². The summed E-state index contributed by atoms with van der Waals surface area (Å²) in [6.07, 6.45) is 0. The number of nitrogens with zero attached hydrogens (tertiary/aromatic N) is 4. The predicted molar refractivity (Wildman–Crippen MR) is 285 cm³/mol. The molecule has 10 aromatic rings. The molecule has 0 unspecified atom stereocenters. The average molecular weight is 901 g/mol. The van der Waals surface area contributed by atoms with Crippen molar-refractivity contribution in [2.75, 3.05) is 27.8 Å². The summed E-state index contributed by atoms with van der Waals surface area (Å²) in [5.74, 6) is 3.24. The van der Waals surface area contributed by atoms with Gasteiger partial charge in [-0.05, 0) is 66.1 Å². The minimum atomic E-state index is -0.0202. The second-order valence-electron chi connectivity index (χ2n) is 18.7. The summed E-state index contributed by atoms with van der Waals surface area (Å²) in [6, 6.07) is 71.4. The fourth-order valence-electron chi connectivity index (χ4n) is 10.5. The second kappa shape index (κ2) is 19.6. The number of hydrogen-bond acceptors (Lipinski definition) is 8. The van der Waals surface area contributed by atoms with E-state index in [-0.39, 0.29) is 23.7 Å². The highest BCUT2D eigenvalue weighted by atomic mass is 15.2. The van der Waals surface area contributed by atoms with Crippen LogP contribution < -0.4 is 21.3 Å². The number of rotatable bonds is 16. The standard InChI is InChI=1S/C61H56N8/c1-40(2)36-64-60-66-52(34-54(68-60)62-37-46-28-15-25-41-18-9-12-31-49(41)46)58-56(44-21-5-3-6-22-44)59(57(58)45-23-7-4-8-24-45)53-35-55(63-38-47-29-16-26-42-19-10-13-32-50(42)47)69-61(67-53)65-39-48-30-17-27-43-20-11-14-33-51(43)48/h3-35,40,56-59H,36-39H2,1-2H3,(H2,62,64,66,68)(H2,63,65,67,69)/t56-,57-,58-,59-/m0/s1. The lowest BCUT2D eigenvalue weighted by atomic mass is 9.50. The van der Waals surface area contributed by atoms with Crippen LogP contribution in [-0.4, -0.2) is 26.5 Å². The van der Waals surface area contributed by atoms with E-state index in [1.54, 1.807) is 0 Å². The highest BCUT2D eigenvalue weighted by molar-refractivity contribution is 5.87. The summed E-state index contributed by atoms with van der Waals surface area (Å²) >= 11 is 0. The van der Waals surface area contributed by atoms with Crippen molar-refractivity contribution in [2.45, 2.75) is 57.2 Å². The molecule has 2 aromatic heterocycles. The molecule has 4 N–H and O–H groups in total. The van der Waals surface area contributed by atoms with Crippen LogP contribution in [0.25, 0.3) is 32.3 Å². The van der Waals surface area contributed by atoms with E-state index < -0.39 is 0 Å². The predicted octanol–water partition coefficient (Wildman–Crippen LogP) is 14.1.